The van der Waals surface area contributed by atoms with Crippen LogP contribution in [0.3, 0.4) is 0 Å². The second-order valence-electron chi connectivity index (χ2n) is 5.69. The number of aliphatic hydroxyl groups is 1. The van der Waals surface area contributed by atoms with Crippen molar-refractivity contribution in [1.29, 1.82) is 0 Å². The minimum Gasteiger partial charge on any atom is -0.508 e. The quantitative estimate of drug-likeness (QED) is 0.875. The van der Waals surface area contributed by atoms with Gasteiger partial charge in [-0.2, -0.15) is 0 Å². The van der Waals surface area contributed by atoms with Crippen LogP contribution in [0.2, 0.25) is 0 Å². The molecule has 2 aliphatic rings. The van der Waals surface area contributed by atoms with E-state index < -0.39 is 0 Å². The molecule has 2 N–H and O–H groups in total. The summed E-state index contributed by atoms with van der Waals surface area (Å²) >= 11 is 0. The number of carbonyl (C=O) groups excluding carboxylic acids is 2. The molecule has 0 aliphatic heterocycles. The fourth-order valence-electron chi connectivity index (χ4n) is 2.98. The van der Waals surface area contributed by atoms with Crippen LogP contribution in [0.1, 0.15) is 41.0 Å². The smallest absolute Gasteiger partial charge is 0.197 e. The number of benzene rings is 1. The third-order valence-electron chi connectivity index (χ3n) is 3.84. The predicted octanol–water partition coefficient (Wildman–Crippen LogP) is 2.57. The van der Waals surface area contributed by atoms with Crippen molar-refractivity contribution in [3.63, 3.8) is 0 Å². The molecule has 1 aromatic carbocycles. The Bertz CT molecular complexity index is 698. The van der Waals surface area contributed by atoms with Gasteiger partial charge in [0, 0.05) is 28.8 Å². The third kappa shape index (κ3) is 2.12. The molecule has 4 nitrogen and oxygen atoms in total. The lowest BCUT2D eigenvalue weighted by molar-refractivity contribution is 0.0961. The fourth-order valence-corrected chi connectivity index (χ4v) is 2.98. The monoisotopic (exact) mass is 283 g/mol. The standard InChI is InChI=1S/C17H17NO3/c1-9(2)18-12-7-8-13(19)15-14(12)16(20)10-5-3-4-6-11(10)17(15)21/h3-6,8-9,12,18-19H,7H2,1-2H3. The molecule has 0 saturated carbocycles. The first-order valence-electron chi connectivity index (χ1n) is 7.09. The maximum absolute atomic E-state index is 12.7. The largest absolute Gasteiger partial charge is 0.508 e. The Kier molecular flexibility index (Phi) is 3.26. The van der Waals surface area contributed by atoms with Crippen molar-refractivity contribution < 1.29 is 14.7 Å². The van der Waals surface area contributed by atoms with Gasteiger partial charge in [0.1, 0.15) is 5.76 Å². The molecule has 0 bridgehead atoms. The molecule has 2 aliphatic carbocycles. The maximum Gasteiger partial charge on any atom is 0.197 e. The molecule has 0 radical (unpaired) electrons. The molecule has 0 heterocycles. The highest BCUT2D eigenvalue weighted by Crippen LogP contribution is 2.35. The van der Waals surface area contributed by atoms with Crippen molar-refractivity contribution in [2.45, 2.75) is 32.4 Å². The second-order valence-corrected chi connectivity index (χ2v) is 5.69. The van der Waals surface area contributed by atoms with Gasteiger partial charge in [0.15, 0.2) is 11.6 Å². The average Bonchev–Trinajstić information content (AvgIpc) is 2.46. The number of fused-ring (bicyclic) bond motifs is 1. The average molecular weight is 283 g/mol. The Morgan fingerprint density at radius 2 is 1.76 bits per heavy atom. The molecule has 21 heavy (non-hydrogen) atoms. The van der Waals surface area contributed by atoms with Crippen LogP contribution < -0.4 is 5.32 Å². The summed E-state index contributed by atoms with van der Waals surface area (Å²) in [6.07, 6.45) is 2.11. The highest BCUT2D eigenvalue weighted by Gasteiger charge is 2.39. The Morgan fingerprint density at radius 1 is 1.14 bits per heavy atom. The Morgan fingerprint density at radius 3 is 2.38 bits per heavy atom. The maximum atomic E-state index is 12.7. The van der Waals surface area contributed by atoms with Crippen LogP contribution in [0.5, 0.6) is 0 Å². The fraction of sp³-hybridized carbons (Fsp3) is 0.294. The van der Waals surface area contributed by atoms with E-state index in [2.05, 4.69) is 5.32 Å². The van der Waals surface area contributed by atoms with E-state index in [0.717, 1.165) is 0 Å². The zero-order valence-electron chi connectivity index (χ0n) is 12.0. The van der Waals surface area contributed by atoms with Crippen molar-refractivity contribution in [2.75, 3.05) is 0 Å². The first-order chi connectivity index (χ1) is 10.0. The minimum atomic E-state index is -0.274. The zero-order chi connectivity index (χ0) is 15.1. The van der Waals surface area contributed by atoms with Crippen LogP contribution >= 0.6 is 0 Å². The second kappa shape index (κ2) is 4.97. The number of carbonyl (C=O) groups is 2. The van der Waals surface area contributed by atoms with Gasteiger partial charge in [-0.05, 0) is 12.5 Å². The first-order valence-corrected chi connectivity index (χ1v) is 7.09. The van der Waals surface area contributed by atoms with Crippen LogP contribution in [0, 0.1) is 0 Å². The molecule has 0 fully saturated rings. The molecular formula is C17H17NO3. The first kappa shape index (κ1) is 13.8. The molecule has 1 aromatic rings. The molecule has 0 amide bonds. The number of aliphatic hydroxyl groups excluding tert-OH is 1. The van der Waals surface area contributed by atoms with E-state index in [-0.39, 0.29) is 35.0 Å². The molecule has 0 spiro atoms. The lowest BCUT2D eigenvalue weighted by Crippen LogP contribution is -2.42. The van der Waals surface area contributed by atoms with Gasteiger partial charge in [0.25, 0.3) is 0 Å². The van der Waals surface area contributed by atoms with Gasteiger partial charge in [-0.25, -0.2) is 0 Å². The van der Waals surface area contributed by atoms with E-state index in [1.807, 2.05) is 13.8 Å². The number of hydrogen-bond donors (Lipinski definition) is 2. The van der Waals surface area contributed by atoms with Gasteiger partial charge >= 0.3 is 0 Å². The summed E-state index contributed by atoms with van der Waals surface area (Å²) in [5.74, 6) is -0.526. The molecule has 108 valence electrons. The molecular weight excluding hydrogens is 266 g/mol. The van der Waals surface area contributed by atoms with Crippen LogP contribution in [0.15, 0.2) is 47.2 Å². The van der Waals surface area contributed by atoms with Crippen LogP contribution in [0.25, 0.3) is 0 Å². The van der Waals surface area contributed by atoms with E-state index in [1.54, 1.807) is 30.3 Å². The van der Waals surface area contributed by atoms with Crippen LogP contribution in [-0.2, 0) is 0 Å². The van der Waals surface area contributed by atoms with Gasteiger partial charge in [-0.3, -0.25) is 9.59 Å². The van der Waals surface area contributed by atoms with E-state index in [0.29, 0.717) is 23.1 Å². The van der Waals surface area contributed by atoms with Gasteiger partial charge in [0.05, 0.1) is 5.57 Å². The predicted molar refractivity (Wildman–Crippen MR) is 79.5 cm³/mol. The normalized spacial score (nSPS) is 21.3. The van der Waals surface area contributed by atoms with Crippen molar-refractivity contribution in [1.82, 2.24) is 5.32 Å². The topological polar surface area (TPSA) is 66.4 Å². The molecule has 3 rings (SSSR count). The van der Waals surface area contributed by atoms with Crippen molar-refractivity contribution >= 4 is 11.6 Å². The van der Waals surface area contributed by atoms with Gasteiger partial charge in [0.2, 0.25) is 0 Å². The van der Waals surface area contributed by atoms with E-state index in [4.69, 9.17) is 0 Å². The summed E-state index contributed by atoms with van der Waals surface area (Å²) in [4.78, 5) is 25.3. The molecule has 1 unspecified atom stereocenters. The summed E-state index contributed by atoms with van der Waals surface area (Å²) in [5.41, 5.74) is 1.34. The number of rotatable bonds is 2. The number of nitrogens with one attached hydrogen (secondary N) is 1. The van der Waals surface area contributed by atoms with Crippen LogP contribution in [0.4, 0.5) is 0 Å². The van der Waals surface area contributed by atoms with Gasteiger partial charge < -0.3 is 10.4 Å². The summed E-state index contributed by atoms with van der Waals surface area (Å²) in [6.45, 7) is 3.98. The Hall–Kier alpha value is -2.20. The van der Waals surface area contributed by atoms with E-state index in [1.165, 1.54) is 0 Å². The number of hydrogen-bond acceptors (Lipinski definition) is 4. The summed E-state index contributed by atoms with van der Waals surface area (Å²) in [7, 11) is 0. The van der Waals surface area contributed by atoms with Crippen molar-refractivity contribution in [3.05, 3.63) is 58.4 Å². The number of allylic oxidation sites excluding steroid dienone is 1. The highest BCUT2D eigenvalue weighted by atomic mass is 16.3. The Labute approximate surface area is 123 Å². The van der Waals surface area contributed by atoms with Crippen LogP contribution in [-0.4, -0.2) is 28.8 Å². The number of Topliss-reactive ketones (excluding diaryl/α,β-unsaturated/α-hetero) is 2. The number of ketones is 2. The van der Waals surface area contributed by atoms with Crippen molar-refractivity contribution in [3.8, 4) is 0 Å². The Balaban J connectivity index is 2.17. The lowest BCUT2D eigenvalue weighted by atomic mass is 9.77. The molecule has 1 atom stereocenters. The summed E-state index contributed by atoms with van der Waals surface area (Å²) in [5, 5.41) is 13.4. The van der Waals surface area contributed by atoms with Crippen molar-refractivity contribution in [2.24, 2.45) is 0 Å². The van der Waals surface area contributed by atoms with Gasteiger partial charge in [-0.15, -0.1) is 0 Å². The highest BCUT2D eigenvalue weighted by molar-refractivity contribution is 6.28. The summed E-state index contributed by atoms with van der Waals surface area (Å²) < 4.78 is 0. The van der Waals surface area contributed by atoms with E-state index >= 15 is 0 Å². The molecule has 4 heteroatoms. The molecule has 0 saturated heterocycles. The minimum absolute atomic E-state index is 0.0836. The zero-order valence-corrected chi connectivity index (χ0v) is 12.0. The SMILES string of the molecule is CC(C)NC1CC=C(O)C2=C1C(=O)c1ccccc1C2=O. The lowest BCUT2D eigenvalue weighted by Gasteiger charge is -2.31. The van der Waals surface area contributed by atoms with E-state index in [9.17, 15) is 14.7 Å². The molecule has 0 aromatic heterocycles. The van der Waals surface area contributed by atoms with Gasteiger partial charge in [-0.1, -0.05) is 38.1 Å². The summed E-state index contributed by atoms with van der Waals surface area (Å²) in [6, 6.07) is 6.72. The third-order valence-corrected chi connectivity index (χ3v) is 3.84.